The molecule has 0 bridgehead atoms. The molecule has 0 amide bonds. The van der Waals surface area contributed by atoms with E-state index in [9.17, 15) is 4.79 Å². The van der Waals surface area contributed by atoms with Gasteiger partial charge in [0, 0.05) is 41.8 Å². The zero-order chi connectivity index (χ0) is 16.8. The third-order valence-corrected chi connectivity index (χ3v) is 4.67. The molecule has 2 rings (SSSR count). The van der Waals surface area contributed by atoms with Crippen LogP contribution in [0.3, 0.4) is 0 Å². The van der Waals surface area contributed by atoms with Crippen LogP contribution in [0.5, 0.6) is 0 Å². The van der Waals surface area contributed by atoms with Gasteiger partial charge in [0.1, 0.15) is 0 Å². The fourth-order valence-electron chi connectivity index (χ4n) is 2.60. The van der Waals surface area contributed by atoms with E-state index in [1.807, 2.05) is 0 Å². The molecule has 0 aliphatic carbocycles. The second-order valence-corrected chi connectivity index (χ2v) is 6.44. The minimum absolute atomic E-state index is 0.154. The molecule has 0 fully saturated rings. The van der Waals surface area contributed by atoms with Gasteiger partial charge in [-0.25, -0.2) is 4.98 Å². The summed E-state index contributed by atoms with van der Waals surface area (Å²) in [6.45, 7) is 8.11. The topological polar surface area (TPSA) is 56.2 Å². The van der Waals surface area contributed by atoms with Gasteiger partial charge in [-0.15, -0.1) is 11.3 Å². The van der Waals surface area contributed by atoms with Crippen molar-refractivity contribution in [2.75, 3.05) is 19.0 Å². The summed E-state index contributed by atoms with van der Waals surface area (Å²) in [6.07, 6.45) is 2.32. The highest BCUT2D eigenvalue weighted by Crippen LogP contribution is 2.30. The van der Waals surface area contributed by atoms with Gasteiger partial charge in [-0.3, -0.25) is 4.79 Å². The van der Waals surface area contributed by atoms with E-state index in [0.29, 0.717) is 6.42 Å². The molecule has 1 N–H and O–H groups in total. The normalized spacial score (nSPS) is 10.8. The molecule has 0 spiro atoms. The lowest BCUT2D eigenvalue weighted by Crippen LogP contribution is -2.06. The van der Waals surface area contributed by atoms with Crippen LogP contribution in [0.15, 0.2) is 11.4 Å². The number of thiazole rings is 1. The monoisotopic (exact) mass is 335 g/mol. The van der Waals surface area contributed by atoms with Crippen molar-refractivity contribution in [1.82, 2.24) is 9.55 Å². The lowest BCUT2D eigenvalue weighted by atomic mass is 10.2. The molecule has 0 radical (unpaired) electrons. The van der Waals surface area contributed by atoms with Crippen molar-refractivity contribution in [2.24, 2.45) is 0 Å². The number of carbonyl (C=O) groups is 1. The zero-order valence-corrected chi connectivity index (χ0v) is 15.1. The summed E-state index contributed by atoms with van der Waals surface area (Å²) in [5.41, 5.74) is 4.57. The van der Waals surface area contributed by atoms with E-state index in [1.165, 1.54) is 24.1 Å². The summed E-state index contributed by atoms with van der Waals surface area (Å²) in [4.78, 5) is 15.9. The first-order valence-corrected chi connectivity index (χ1v) is 8.88. The summed E-state index contributed by atoms with van der Waals surface area (Å²) < 4.78 is 6.94. The molecule has 2 aromatic rings. The van der Waals surface area contributed by atoms with Crippen molar-refractivity contribution < 1.29 is 9.53 Å². The van der Waals surface area contributed by atoms with E-state index in [-0.39, 0.29) is 5.97 Å². The Kier molecular flexibility index (Phi) is 6.21. The van der Waals surface area contributed by atoms with Crippen LogP contribution in [0.4, 0.5) is 5.13 Å². The number of hydrogen-bond acceptors (Lipinski definition) is 5. The quantitative estimate of drug-likeness (QED) is 0.741. The number of nitrogens with one attached hydrogen (secondary N) is 1. The molecular formula is C17H25N3O2S. The van der Waals surface area contributed by atoms with Crippen LogP contribution < -0.4 is 5.32 Å². The fourth-order valence-corrected chi connectivity index (χ4v) is 3.34. The second kappa shape index (κ2) is 8.15. The third-order valence-electron chi connectivity index (χ3n) is 3.87. The second-order valence-electron chi connectivity index (χ2n) is 5.58. The van der Waals surface area contributed by atoms with Crippen LogP contribution in [0, 0.1) is 13.8 Å². The Bertz CT molecular complexity index is 661. The number of aromatic nitrogens is 2. The number of hydrogen-bond donors (Lipinski definition) is 1. The third kappa shape index (κ3) is 4.34. The SMILES string of the molecule is CCCNc1nc(-c2cc(C)n(CCCC(=O)OC)c2C)cs1. The van der Waals surface area contributed by atoms with Crippen molar-refractivity contribution in [1.29, 1.82) is 0 Å². The summed E-state index contributed by atoms with van der Waals surface area (Å²) in [6, 6.07) is 2.17. The van der Waals surface area contributed by atoms with Crippen molar-refractivity contribution in [3.8, 4) is 11.3 Å². The largest absolute Gasteiger partial charge is 0.469 e. The first-order chi connectivity index (χ1) is 11.1. The van der Waals surface area contributed by atoms with Gasteiger partial charge in [0.25, 0.3) is 0 Å². The van der Waals surface area contributed by atoms with E-state index in [1.54, 1.807) is 11.3 Å². The van der Waals surface area contributed by atoms with Gasteiger partial charge < -0.3 is 14.6 Å². The first-order valence-electron chi connectivity index (χ1n) is 8.00. The molecule has 5 nitrogen and oxygen atoms in total. The minimum atomic E-state index is -0.154. The number of methoxy groups -OCH3 is 1. The van der Waals surface area contributed by atoms with Gasteiger partial charge in [-0.05, 0) is 32.8 Å². The predicted octanol–water partition coefficient (Wildman–Crippen LogP) is 4.00. The Balaban J connectivity index is 2.10. The Morgan fingerprint density at radius 3 is 2.91 bits per heavy atom. The molecule has 0 saturated heterocycles. The summed E-state index contributed by atoms with van der Waals surface area (Å²) >= 11 is 1.64. The van der Waals surface area contributed by atoms with Gasteiger partial charge in [-0.2, -0.15) is 0 Å². The van der Waals surface area contributed by atoms with Gasteiger partial charge in [-0.1, -0.05) is 6.92 Å². The maximum Gasteiger partial charge on any atom is 0.305 e. The van der Waals surface area contributed by atoms with Crippen LogP contribution >= 0.6 is 11.3 Å². The molecule has 6 heteroatoms. The fraction of sp³-hybridized carbons (Fsp3) is 0.529. The van der Waals surface area contributed by atoms with Gasteiger partial charge in [0.2, 0.25) is 0 Å². The molecule has 23 heavy (non-hydrogen) atoms. The molecule has 0 saturated carbocycles. The lowest BCUT2D eigenvalue weighted by molar-refractivity contribution is -0.140. The van der Waals surface area contributed by atoms with Crippen molar-refractivity contribution in [3.63, 3.8) is 0 Å². The minimum Gasteiger partial charge on any atom is -0.469 e. The molecule has 0 aliphatic rings. The molecule has 2 aromatic heterocycles. The van der Waals surface area contributed by atoms with Crippen LogP contribution in [0.2, 0.25) is 0 Å². The highest BCUT2D eigenvalue weighted by atomic mass is 32.1. The average molecular weight is 335 g/mol. The maximum absolute atomic E-state index is 11.2. The molecule has 126 valence electrons. The molecule has 2 heterocycles. The summed E-state index contributed by atoms with van der Waals surface area (Å²) in [5.74, 6) is -0.154. The van der Waals surface area contributed by atoms with E-state index in [0.717, 1.165) is 36.8 Å². The van der Waals surface area contributed by atoms with Crippen LogP contribution in [-0.2, 0) is 16.1 Å². The molecule has 0 unspecified atom stereocenters. The van der Waals surface area contributed by atoms with Gasteiger partial charge in [0.15, 0.2) is 5.13 Å². The van der Waals surface area contributed by atoms with Gasteiger partial charge in [0.05, 0.1) is 12.8 Å². The number of aryl methyl sites for hydroxylation is 1. The van der Waals surface area contributed by atoms with E-state index in [2.05, 4.69) is 47.1 Å². The smallest absolute Gasteiger partial charge is 0.305 e. The van der Waals surface area contributed by atoms with Crippen LogP contribution in [-0.4, -0.2) is 29.2 Å². The average Bonchev–Trinajstić information content (AvgIpc) is 3.11. The predicted molar refractivity (Wildman–Crippen MR) is 95.0 cm³/mol. The Morgan fingerprint density at radius 1 is 1.43 bits per heavy atom. The first kappa shape index (κ1) is 17.5. The molecular weight excluding hydrogens is 310 g/mol. The Hall–Kier alpha value is -1.82. The number of rotatable bonds is 8. The van der Waals surface area contributed by atoms with Crippen LogP contribution in [0.25, 0.3) is 11.3 Å². The highest BCUT2D eigenvalue weighted by molar-refractivity contribution is 7.14. The summed E-state index contributed by atoms with van der Waals surface area (Å²) in [5, 5.41) is 6.39. The maximum atomic E-state index is 11.2. The number of ether oxygens (including phenoxy) is 1. The number of nitrogens with zero attached hydrogens (tertiary/aromatic N) is 2. The van der Waals surface area contributed by atoms with Crippen molar-refractivity contribution >= 4 is 22.4 Å². The Morgan fingerprint density at radius 2 is 2.22 bits per heavy atom. The van der Waals surface area contributed by atoms with E-state index in [4.69, 9.17) is 4.74 Å². The Labute approximate surface area is 141 Å². The van der Waals surface area contributed by atoms with Gasteiger partial charge >= 0.3 is 5.97 Å². The molecule has 0 aromatic carbocycles. The van der Waals surface area contributed by atoms with E-state index < -0.39 is 0 Å². The number of carbonyl (C=O) groups excluding carboxylic acids is 1. The number of anilines is 1. The molecule has 0 aliphatic heterocycles. The summed E-state index contributed by atoms with van der Waals surface area (Å²) in [7, 11) is 1.43. The van der Waals surface area contributed by atoms with Crippen molar-refractivity contribution in [3.05, 3.63) is 22.8 Å². The standard InChI is InChI=1S/C17H25N3O2S/c1-5-8-18-17-19-15(11-23-17)14-10-12(2)20(13(14)3)9-6-7-16(21)22-4/h10-11H,5-9H2,1-4H3,(H,18,19). The van der Waals surface area contributed by atoms with E-state index >= 15 is 0 Å². The number of esters is 1. The molecule has 0 atom stereocenters. The van der Waals surface area contributed by atoms with Crippen LogP contribution in [0.1, 0.15) is 37.6 Å². The highest BCUT2D eigenvalue weighted by Gasteiger charge is 2.14. The lowest BCUT2D eigenvalue weighted by Gasteiger charge is -2.09. The van der Waals surface area contributed by atoms with Crippen molar-refractivity contribution in [2.45, 2.75) is 46.6 Å². The zero-order valence-electron chi connectivity index (χ0n) is 14.3.